The van der Waals surface area contributed by atoms with Crippen molar-refractivity contribution >= 4 is 27.6 Å². The molecule has 8 nitrogen and oxygen atoms in total. The average molecular weight is 388 g/mol. The Morgan fingerprint density at radius 1 is 1.19 bits per heavy atom. The molecule has 26 heavy (non-hydrogen) atoms. The minimum Gasteiger partial charge on any atom is -0.272 e. The van der Waals surface area contributed by atoms with Crippen molar-refractivity contribution in [3.8, 4) is 0 Å². The SMILES string of the molecule is NS(=O)(=O)c1ccc(N/N=C/c2ccccc2C(F)(F)F)c([N+](=O)[O-])c1. The minimum atomic E-state index is -4.59. The van der Waals surface area contributed by atoms with Gasteiger partial charge in [0.25, 0.3) is 5.69 Å². The lowest BCUT2D eigenvalue weighted by Gasteiger charge is -2.09. The first-order valence-corrected chi connectivity index (χ1v) is 8.31. The zero-order valence-electron chi connectivity index (χ0n) is 12.8. The zero-order chi connectivity index (χ0) is 19.5. The number of hydrogen-bond donors (Lipinski definition) is 2. The van der Waals surface area contributed by atoms with Crippen molar-refractivity contribution in [1.29, 1.82) is 0 Å². The highest BCUT2D eigenvalue weighted by atomic mass is 32.2. The number of nitrogens with zero attached hydrogens (tertiary/aromatic N) is 2. The molecule has 3 N–H and O–H groups in total. The highest BCUT2D eigenvalue weighted by Crippen LogP contribution is 2.31. The van der Waals surface area contributed by atoms with Crippen LogP contribution < -0.4 is 10.6 Å². The molecule has 0 saturated heterocycles. The molecule has 0 amide bonds. The Labute approximate surface area is 145 Å². The molecule has 2 rings (SSSR count). The van der Waals surface area contributed by atoms with Crippen LogP contribution >= 0.6 is 0 Å². The first-order valence-electron chi connectivity index (χ1n) is 6.76. The van der Waals surface area contributed by atoms with E-state index in [0.29, 0.717) is 0 Å². The molecule has 12 heteroatoms. The summed E-state index contributed by atoms with van der Waals surface area (Å²) in [6, 6.07) is 7.38. The monoisotopic (exact) mass is 388 g/mol. The predicted octanol–water partition coefficient (Wildman–Crippen LogP) is 2.71. The second-order valence-corrected chi connectivity index (χ2v) is 6.50. The molecule has 0 spiro atoms. The Morgan fingerprint density at radius 2 is 1.85 bits per heavy atom. The fraction of sp³-hybridized carbons (Fsp3) is 0.0714. The van der Waals surface area contributed by atoms with Crippen LogP contribution in [0.3, 0.4) is 0 Å². The summed E-state index contributed by atoms with van der Waals surface area (Å²) in [4.78, 5) is 9.69. The molecule has 0 fully saturated rings. The molecule has 0 radical (unpaired) electrons. The van der Waals surface area contributed by atoms with Crippen molar-refractivity contribution in [1.82, 2.24) is 0 Å². The minimum absolute atomic E-state index is 0.219. The fourth-order valence-electron chi connectivity index (χ4n) is 1.97. The summed E-state index contributed by atoms with van der Waals surface area (Å²) in [6.45, 7) is 0. The van der Waals surface area contributed by atoms with Crippen LogP contribution in [0.4, 0.5) is 24.5 Å². The molecule has 0 bridgehead atoms. The molecule has 0 aliphatic heterocycles. The summed E-state index contributed by atoms with van der Waals surface area (Å²) in [5.41, 5.74) is 0.171. The first kappa shape index (κ1) is 19.3. The van der Waals surface area contributed by atoms with Crippen molar-refractivity contribution in [3.63, 3.8) is 0 Å². The van der Waals surface area contributed by atoms with E-state index in [2.05, 4.69) is 10.5 Å². The number of nitrogens with two attached hydrogens (primary N) is 1. The maximum Gasteiger partial charge on any atom is 0.417 e. The maximum atomic E-state index is 12.9. The number of rotatable bonds is 5. The van der Waals surface area contributed by atoms with Gasteiger partial charge in [0.05, 0.1) is 21.6 Å². The van der Waals surface area contributed by atoms with Gasteiger partial charge in [0.2, 0.25) is 10.0 Å². The second kappa shape index (κ2) is 7.09. The van der Waals surface area contributed by atoms with Crippen molar-refractivity contribution in [2.75, 3.05) is 5.43 Å². The smallest absolute Gasteiger partial charge is 0.272 e. The third-order valence-electron chi connectivity index (χ3n) is 3.15. The highest BCUT2D eigenvalue weighted by Gasteiger charge is 2.32. The second-order valence-electron chi connectivity index (χ2n) is 4.94. The summed E-state index contributed by atoms with van der Waals surface area (Å²) in [5.74, 6) is 0. The summed E-state index contributed by atoms with van der Waals surface area (Å²) in [7, 11) is -4.16. The van der Waals surface area contributed by atoms with E-state index in [4.69, 9.17) is 5.14 Å². The van der Waals surface area contributed by atoms with E-state index in [1.165, 1.54) is 18.2 Å². The Kier molecular flexibility index (Phi) is 5.28. The van der Waals surface area contributed by atoms with E-state index in [9.17, 15) is 31.7 Å². The van der Waals surface area contributed by atoms with E-state index < -0.39 is 37.3 Å². The van der Waals surface area contributed by atoms with Gasteiger partial charge in [-0.05, 0) is 18.2 Å². The fourth-order valence-corrected chi connectivity index (χ4v) is 2.51. The Hall–Kier alpha value is -2.99. The Morgan fingerprint density at radius 3 is 2.42 bits per heavy atom. The number of nitrogens with one attached hydrogen (secondary N) is 1. The normalized spacial score (nSPS) is 12.3. The number of alkyl halides is 3. The van der Waals surface area contributed by atoms with Crippen LogP contribution in [-0.4, -0.2) is 19.6 Å². The summed E-state index contributed by atoms with van der Waals surface area (Å²) in [6.07, 6.45) is -3.74. The third kappa shape index (κ3) is 4.55. The molecule has 2 aromatic carbocycles. The van der Waals surface area contributed by atoms with Crippen molar-refractivity contribution in [2.45, 2.75) is 11.1 Å². The number of nitro benzene ring substituents is 1. The van der Waals surface area contributed by atoms with Crippen LogP contribution in [0.5, 0.6) is 0 Å². The van der Waals surface area contributed by atoms with Gasteiger partial charge < -0.3 is 0 Å². The lowest BCUT2D eigenvalue weighted by Crippen LogP contribution is -2.12. The third-order valence-corrected chi connectivity index (χ3v) is 4.06. The van der Waals surface area contributed by atoms with Gasteiger partial charge in [0.15, 0.2) is 0 Å². The summed E-state index contributed by atoms with van der Waals surface area (Å²) >= 11 is 0. The molecule has 0 heterocycles. The van der Waals surface area contributed by atoms with E-state index >= 15 is 0 Å². The van der Waals surface area contributed by atoms with Gasteiger partial charge in [-0.2, -0.15) is 18.3 Å². The summed E-state index contributed by atoms with van der Waals surface area (Å²) in [5, 5.41) is 19.5. The number of hydrazone groups is 1. The van der Waals surface area contributed by atoms with Gasteiger partial charge >= 0.3 is 6.18 Å². The van der Waals surface area contributed by atoms with Gasteiger partial charge in [-0.25, -0.2) is 13.6 Å². The molecule has 0 saturated carbocycles. The van der Waals surface area contributed by atoms with E-state index in [1.54, 1.807) is 0 Å². The lowest BCUT2D eigenvalue weighted by molar-refractivity contribution is -0.384. The molecule has 2 aromatic rings. The standard InChI is InChI=1S/C14H11F3N4O4S/c15-14(16,17)11-4-2-1-3-9(11)8-19-20-12-6-5-10(26(18,24)25)7-13(12)21(22)23/h1-8,20H,(H2,18,24,25)/b19-8+. The zero-order valence-corrected chi connectivity index (χ0v) is 13.6. The largest absolute Gasteiger partial charge is 0.417 e. The van der Waals surface area contributed by atoms with E-state index in [1.807, 2.05) is 0 Å². The molecule has 0 aliphatic carbocycles. The average Bonchev–Trinajstić information content (AvgIpc) is 2.53. The van der Waals surface area contributed by atoms with Crippen LogP contribution in [0, 0.1) is 10.1 Å². The maximum absolute atomic E-state index is 12.9. The number of primary sulfonamides is 1. The summed E-state index contributed by atoms with van der Waals surface area (Å²) < 4.78 is 61.2. The molecule has 0 unspecified atom stereocenters. The first-order chi connectivity index (χ1) is 12.0. The molecule has 0 aromatic heterocycles. The van der Waals surface area contributed by atoms with Crippen LogP contribution in [0.2, 0.25) is 0 Å². The van der Waals surface area contributed by atoms with Gasteiger partial charge in [-0.3, -0.25) is 15.5 Å². The van der Waals surface area contributed by atoms with Gasteiger partial charge in [-0.1, -0.05) is 18.2 Å². The number of nitro groups is 1. The topological polar surface area (TPSA) is 128 Å². The van der Waals surface area contributed by atoms with Crippen LogP contribution in [0.1, 0.15) is 11.1 Å². The molecular weight excluding hydrogens is 377 g/mol. The molecule has 0 atom stereocenters. The van der Waals surface area contributed by atoms with Crippen LogP contribution in [0.25, 0.3) is 0 Å². The number of sulfonamides is 1. The van der Waals surface area contributed by atoms with E-state index in [-0.39, 0.29) is 11.3 Å². The Balaban J connectivity index is 2.33. The Bertz CT molecular complexity index is 974. The molecular formula is C14H11F3N4O4S. The van der Waals surface area contributed by atoms with Crippen molar-refractivity contribution in [2.24, 2.45) is 10.2 Å². The van der Waals surface area contributed by atoms with Crippen molar-refractivity contribution in [3.05, 3.63) is 63.7 Å². The number of benzene rings is 2. The predicted molar refractivity (Wildman–Crippen MR) is 87.1 cm³/mol. The quantitative estimate of drug-likeness (QED) is 0.462. The van der Waals surface area contributed by atoms with Gasteiger partial charge in [0.1, 0.15) is 5.69 Å². The van der Waals surface area contributed by atoms with Crippen LogP contribution in [-0.2, 0) is 16.2 Å². The molecule has 0 aliphatic rings. The van der Waals surface area contributed by atoms with Crippen LogP contribution in [0.15, 0.2) is 52.5 Å². The highest BCUT2D eigenvalue weighted by molar-refractivity contribution is 7.89. The lowest BCUT2D eigenvalue weighted by atomic mass is 10.1. The van der Waals surface area contributed by atoms with Crippen molar-refractivity contribution < 1.29 is 26.5 Å². The number of halogens is 3. The number of anilines is 1. The van der Waals surface area contributed by atoms with Gasteiger partial charge in [0, 0.05) is 11.6 Å². The van der Waals surface area contributed by atoms with Gasteiger partial charge in [-0.15, -0.1) is 0 Å². The van der Waals surface area contributed by atoms with E-state index in [0.717, 1.165) is 30.5 Å². The number of hydrogen-bond acceptors (Lipinski definition) is 6. The molecule has 138 valence electrons.